The van der Waals surface area contributed by atoms with Crippen molar-refractivity contribution >= 4 is 34.9 Å². The molecule has 0 saturated carbocycles. The molecule has 0 radical (unpaired) electrons. The van der Waals surface area contributed by atoms with Gasteiger partial charge in [-0.1, -0.05) is 49.9 Å². The maximum Gasteiger partial charge on any atom is 0.319 e. The highest BCUT2D eigenvalue weighted by Gasteiger charge is 2.08. The second-order valence-electron chi connectivity index (χ2n) is 5.45. The lowest BCUT2D eigenvalue weighted by atomic mass is 10.0. The van der Waals surface area contributed by atoms with Crippen LogP contribution in [0.1, 0.15) is 40.0 Å². The molecule has 0 spiro atoms. The molecule has 0 heterocycles. The first-order chi connectivity index (χ1) is 9.38. The summed E-state index contributed by atoms with van der Waals surface area (Å²) in [6.07, 6.45) is 3.28. The second-order valence-corrected chi connectivity index (χ2v) is 6.27. The molecule has 2 amide bonds. The Labute approximate surface area is 131 Å². The zero-order chi connectivity index (χ0) is 15.1. The van der Waals surface area contributed by atoms with Crippen LogP contribution in [0.2, 0.25) is 10.0 Å². The Morgan fingerprint density at radius 2 is 1.85 bits per heavy atom. The number of nitrogens with one attached hydrogen (secondary N) is 2. The summed E-state index contributed by atoms with van der Waals surface area (Å²) < 4.78 is 0. The van der Waals surface area contributed by atoms with Crippen LogP contribution in [0.4, 0.5) is 10.5 Å². The van der Waals surface area contributed by atoms with Crippen LogP contribution >= 0.6 is 23.2 Å². The Kier molecular flexibility index (Phi) is 7.17. The molecule has 0 fully saturated rings. The maximum atomic E-state index is 11.8. The molecule has 0 unspecified atom stereocenters. The van der Waals surface area contributed by atoms with Crippen LogP contribution in [0.15, 0.2) is 18.2 Å². The van der Waals surface area contributed by atoms with E-state index in [0.29, 0.717) is 21.7 Å². The van der Waals surface area contributed by atoms with Crippen LogP contribution < -0.4 is 10.6 Å². The van der Waals surface area contributed by atoms with Gasteiger partial charge in [0.1, 0.15) is 0 Å². The quantitative estimate of drug-likeness (QED) is 0.731. The van der Waals surface area contributed by atoms with Gasteiger partial charge in [0, 0.05) is 11.7 Å². The molecule has 0 bridgehead atoms. The number of hydrogen-bond donors (Lipinski definition) is 2. The molecule has 0 aromatic heterocycles. The highest BCUT2D eigenvalue weighted by atomic mass is 35.5. The van der Waals surface area contributed by atoms with Crippen molar-refractivity contribution in [1.82, 2.24) is 5.32 Å². The van der Waals surface area contributed by atoms with Crippen LogP contribution in [0.5, 0.6) is 0 Å². The minimum Gasteiger partial charge on any atom is -0.335 e. The summed E-state index contributed by atoms with van der Waals surface area (Å²) in [4.78, 5) is 11.8. The molecule has 1 atom stereocenters. The number of urea groups is 1. The van der Waals surface area contributed by atoms with Crippen molar-refractivity contribution in [2.24, 2.45) is 5.92 Å². The van der Waals surface area contributed by atoms with Crippen LogP contribution in [-0.4, -0.2) is 12.1 Å². The molecule has 0 aliphatic heterocycles. The lowest BCUT2D eigenvalue weighted by molar-refractivity contribution is 0.248. The zero-order valence-corrected chi connectivity index (χ0v) is 13.7. The van der Waals surface area contributed by atoms with Gasteiger partial charge in [-0.2, -0.15) is 0 Å². The third-order valence-corrected chi connectivity index (χ3v) is 3.71. The van der Waals surface area contributed by atoms with E-state index in [2.05, 4.69) is 24.5 Å². The molecule has 3 nitrogen and oxygen atoms in total. The Morgan fingerprint density at radius 3 is 2.45 bits per heavy atom. The first-order valence-corrected chi connectivity index (χ1v) is 7.66. The standard InChI is InChI=1S/C15H22Cl2N2O/c1-10(2)5-4-6-11(3)18-15(20)19-12-7-8-13(16)14(17)9-12/h7-11H,4-6H2,1-3H3,(H2,18,19,20)/t11-/m0/s1. The van der Waals surface area contributed by atoms with Gasteiger partial charge in [-0.3, -0.25) is 0 Å². The fourth-order valence-electron chi connectivity index (χ4n) is 1.87. The summed E-state index contributed by atoms with van der Waals surface area (Å²) in [5, 5.41) is 6.55. The van der Waals surface area contributed by atoms with E-state index in [4.69, 9.17) is 23.2 Å². The molecule has 0 aliphatic rings. The number of anilines is 1. The van der Waals surface area contributed by atoms with Crippen molar-refractivity contribution in [2.45, 2.75) is 46.1 Å². The van der Waals surface area contributed by atoms with E-state index in [1.807, 2.05) is 6.92 Å². The van der Waals surface area contributed by atoms with Gasteiger partial charge in [0.2, 0.25) is 0 Å². The van der Waals surface area contributed by atoms with Crippen molar-refractivity contribution in [3.8, 4) is 0 Å². The molecule has 1 aromatic carbocycles. The molecule has 20 heavy (non-hydrogen) atoms. The Morgan fingerprint density at radius 1 is 1.15 bits per heavy atom. The smallest absolute Gasteiger partial charge is 0.319 e. The van der Waals surface area contributed by atoms with Gasteiger partial charge < -0.3 is 10.6 Å². The van der Waals surface area contributed by atoms with Crippen LogP contribution in [-0.2, 0) is 0 Å². The second kappa shape index (κ2) is 8.38. The van der Waals surface area contributed by atoms with Gasteiger partial charge in [-0.25, -0.2) is 4.79 Å². The lowest BCUT2D eigenvalue weighted by Crippen LogP contribution is -2.36. The molecule has 1 aromatic rings. The number of rotatable bonds is 6. The summed E-state index contributed by atoms with van der Waals surface area (Å²) in [6, 6.07) is 4.94. The largest absolute Gasteiger partial charge is 0.335 e. The fraction of sp³-hybridized carbons (Fsp3) is 0.533. The molecular weight excluding hydrogens is 295 g/mol. The highest BCUT2D eigenvalue weighted by molar-refractivity contribution is 6.42. The molecule has 1 rings (SSSR count). The Bertz CT molecular complexity index is 449. The Balaban J connectivity index is 2.37. The van der Waals surface area contributed by atoms with E-state index in [9.17, 15) is 4.79 Å². The summed E-state index contributed by atoms with van der Waals surface area (Å²) in [6.45, 7) is 6.42. The molecule has 112 valence electrons. The molecule has 2 N–H and O–H groups in total. The van der Waals surface area contributed by atoms with Gasteiger partial charge in [-0.15, -0.1) is 0 Å². The summed E-state index contributed by atoms with van der Waals surface area (Å²) >= 11 is 11.7. The minimum absolute atomic E-state index is 0.150. The van der Waals surface area contributed by atoms with Gasteiger partial charge in [0.15, 0.2) is 0 Å². The number of carbonyl (C=O) groups is 1. The number of amides is 2. The van der Waals surface area contributed by atoms with Crippen LogP contribution in [0.25, 0.3) is 0 Å². The number of halogens is 2. The molecule has 5 heteroatoms. The third kappa shape index (κ3) is 6.49. The predicted octanol–water partition coefficient (Wildman–Crippen LogP) is 5.33. The lowest BCUT2D eigenvalue weighted by Gasteiger charge is -2.15. The number of hydrogen-bond acceptors (Lipinski definition) is 1. The monoisotopic (exact) mass is 316 g/mol. The Hall–Kier alpha value is -0.930. The van der Waals surface area contributed by atoms with Crippen molar-refractivity contribution in [3.05, 3.63) is 28.2 Å². The topological polar surface area (TPSA) is 41.1 Å². The highest BCUT2D eigenvalue weighted by Crippen LogP contribution is 2.24. The van der Waals surface area contributed by atoms with E-state index < -0.39 is 0 Å². The van der Waals surface area contributed by atoms with Crippen LogP contribution in [0.3, 0.4) is 0 Å². The van der Waals surface area contributed by atoms with Crippen molar-refractivity contribution in [3.63, 3.8) is 0 Å². The summed E-state index contributed by atoms with van der Waals surface area (Å²) in [5.74, 6) is 0.701. The van der Waals surface area contributed by atoms with Crippen molar-refractivity contribution in [2.75, 3.05) is 5.32 Å². The van der Waals surface area contributed by atoms with Crippen molar-refractivity contribution < 1.29 is 4.79 Å². The van der Waals surface area contributed by atoms with Gasteiger partial charge in [0.25, 0.3) is 0 Å². The fourth-order valence-corrected chi connectivity index (χ4v) is 2.17. The number of benzene rings is 1. The first-order valence-electron chi connectivity index (χ1n) is 6.91. The normalized spacial score (nSPS) is 12.3. The number of carbonyl (C=O) groups excluding carboxylic acids is 1. The summed E-state index contributed by atoms with van der Waals surface area (Å²) in [5.41, 5.74) is 0.631. The summed E-state index contributed by atoms with van der Waals surface area (Å²) in [7, 11) is 0. The average molecular weight is 317 g/mol. The predicted molar refractivity (Wildman–Crippen MR) is 86.8 cm³/mol. The average Bonchev–Trinajstić information content (AvgIpc) is 2.33. The third-order valence-electron chi connectivity index (χ3n) is 2.97. The molecular formula is C15H22Cl2N2O. The maximum absolute atomic E-state index is 11.8. The van der Waals surface area contributed by atoms with Gasteiger partial charge >= 0.3 is 6.03 Å². The van der Waals surface area contributed by atoms with E-state index in [0.717, 1.165) is 12.8 Å². The zero-order valence-electron chi connectivity index (χ0n) is 12.2. The first kappa shape index (κ1) is 17.1. The molecule has 0 saturated heterocycles. The minimum atomic E-state index is -0.222. The van der Waals surface area contributed by atoms with E-state index in [1.54, 1.807) is 18.2 Å². The van der Waals surface area contributed by atoms with E-state index >= 15 is 0 Å². The van der Waals surface area contributed by atoms with Gasteiger partial charge in [-0.05, 0) is 37.5 Å². The molecule has 0 aliphatic carbocycles. The SMILES string of the molecule is CC(C)CCC[C@H](C)NC(=O)Nc1ccc(Cl)c(Cl)c1. The van der Waals surface area contributed by atoms with Crippen molar-refractivity contribution in [1.29, 1.82) is 0 Å². The van der Waals surface area contributed by atoms with E-state index in [1.165, 1.54) is 6.42 Å². The van der Waals surface area contributed by atoms with Crippen LogP contribution in [0, 0.1) is 5.92 Å². The van der Waals surface area contributed by atoms with Gasteiger partial charge in [0.05, 0.1) is 10.0 Å². The van der Waals surface area contributed by atoms with E-state index in [-0.39, 0.29) is 12.1 Å².